The molecule has 2 amide bonds. The van der Waals surface area contributed by atoms with E-state index in [9.17, 15) is 23.6 Å². The Morgan fingerprint density at radius 2 is 1.58 bits per heavy atom. The lowest BCUT2D eigenvalue weighted by molar-refractivity contribution is -0.162. The summed E-state index contributed by atoms with van der Waals surface area (Å²) in [5.74, 6) is -6.23. The third-order valence-electron chi connectivity index (χ3n) is 3.86. The molecule has 0 aromatic heterocycles. The number of ether oxygens (including phenoxy) is 2. The third kappa shape index (κ3) is 5.54. The van der Waals surface area contributed by atoms with E-state index in [0.29, 0.717) is 5.56 Å². The number of benzene rings is 1. The maximum absolute atomic E-state index is 12.9. The van der Waals surface area contributed by atoms with E-state index in [1.54, 1.807) is 0 Å². The van der Waals surface area contributed by atoms with E-state index in [4.69, 9.17) is 5.73 Å². The van der Waals surface area contributed by atoms with Crippen LogP contribution in [-0.4, -0.2) is 44.0 Å². The van der Waals surface area contributed by atoms with Gasteiger partial charge in [-0.3, -0.25) is 19.2 Å². The number of nitrogens with two attached hydrogens (primary N) is 1. The quantitative estimate of drug-likeness (QED) is 0.489. The zero-order chi connectivity index (χ0) is 19.9. The van der Waals surface area contributed by atoms with Crippen LogP contribution in [0.1, 0.15) is 12.5 Å². The number of rotatable bonds is 8. The van der Waals surface area contributed by atoms with Gasteiger partial charge < -0.3 is 20.5 Å². The monoisotopic (exact) mass is 368 g/mol. The van der Waals surface area contributed by atoms with Gasteiger partial charge in [-0.05, 0) is 17.7 Å². The maximum Gasteiger partial charge on any atom is 0.320 e. The Morgan fingerprint density at radius 1 is 1.08 bits per heavy atom. The number of nitrogens with one attached hydrogen (secondary N) is 1. The second-order valence-electron chi connectivity index (χ2n) is 5.63. The number of methoxy groups -OCH3 is 2. The molecule has 2 atom stereocenters. The van der Waals surface area contributed by atoms with Crippen molar-refractivity contribution in [3.63, 3.8) is 0 Å². The highest BCUT2D eigenvalue weighted by atomic mass is 19.1. The molecule has 3 N–H and O–H groups in total. The Bertz CT molecular complexity index is 660. The zero-order valence-electron chi connectivity index (χ0n) is 14.7. The number of halogens is 1. The van der Waals surface area contributed by atoms with Crippen molar-refractivity contribution < 1.29 is 33.0 Å². The largest absolute Gasteiger partial charge is 0.468 e. The van der Waals surface area contributed by atoms with Gasteiger partial charge in [-0.2, -0.15) is 0 Å². The van der Waals surface area contributed by atoms with E-state index < -0.39 is 47.4 Å². The van der Waals surface area contributed by atoms with Crippen molar-refractivity contribution in [2.45, 2.75) is 19.4 Å². The molecule has 0 saturated carbocycles. The molecule has 0 heterocycles. The summed E-state index contributed by atoms with van der Waals surface area (Å²) in [5.41, 5.74) is 5.82. The molecular weight excluding hydrogens is 347 g/mol. The molecule has 1 aromatic rings. The van der Waals surface area contributed by atoms with Crippen LogP contribution in [0.3, 0.4) is 0 Å². The SMILES string of the molecule is COC(=O)C(C(=O)OC)[C@H](C)[C@@H](NC(=O)Cc1ccc(F)cc1)C(N)=O. The maximum atomic E-state index is 12.9. The minimum Gasteiger partial charge on any atom is -0.468 e. The number of amides is 2. The smallest absolute Gasteiger partial charge is 0.320 e. The summed E-state index contributed by atoms with van der Waals surface area (Å²) in [7, 11) is 2.16. The van der Waals surface area contributed by atoms with Gasteiger partial charge in [0.2, 0.25) is 11.8 Å². The molecule has 0 aliphatic heterocycles. The number of primary amides is 1. The Balaban J connectivity index is 2.93. The lowest BCUT2D eigenvalue weighted by atomic mass is 9.86. The lowest BCUT2D eigenvalue weighted by Crippen LogP contribution is -2.53. The molecule has 0 spiro atoms. The summed E-state index contributed by atoms with van der Waals surface area (Å²) in [6.45, 7) is 1.39. The minimum atomic E-state index is -1.44. The van der Waals surface area contributed by atoms with E-state index in [2.05, 4.69) is 14.8 Å². The van der Waals surface area contributed by atoms with Gasteiger partial charge >= 0.3 is 11.9 Å². The molecule has 142 valence electrons. The predicted molar refractivity (Wildman–Crippen MR) is 87.9 cm³/mol. The fourth-order valence-electron chi connectivity index (χ4n) is 2.45. The second kappa shape index (κ2) is 9.50. The molecule has 0 saturated heterocycles. The minimum absolute atomic E-state index is 0.141. The molecule has 0 aliphatic rings. The predicted octanol–water partition coefficient (Wildman–Crippen LogP) is -0.0634. The van der Waals surface area contributed by atoms with Gasteiger partial charge in [0.05, 0.1) is 20.6 Å². The summed E-state index contributed by atoms with van der Waals surface area (Å²) in [4.78, 5) is 47.7. The highest BCUT2D eigenvalue weighted by Crippen LogP contribution is 2.19. The molecule has 8 nitrogen and oxygen atoms in total. The number of hydrogen-bond acceptors (Lipinski definition) is 6. The highest BCUT2D eigenvalue weighted by Gasteiger charge is 2.41. The molecule has 26 heavy (non-hydrogen) atoms. The molecule has 0 radical (unpaired) electrons. The first kappa shape index (κ1) is 21.1. The van der Waals surface area contributed by atoms with E-state index in [-0.39, 0.29) is 6.42 Å². The van der Waals surface area contributed by atoms with Crippen molar-refractivity contribution in [2.75, 3.05) is 14.2 Å². The first-order chi connectivity index (χ1) is 12.2. The van der Waals surface area contributed by atoms with Gasteiger partial charge in [-0.25, -0.2) is 4.39 Å². The zero-order valence-corrected chi connectivity index (χ0v) is 14.7. The summed E-state index contributed by atoms with van der Waals surface area (Å²) in [6, 6.07) is 3.92. The average Bonchev–Trinajstić information content (AvgIpc) is 2.60. The van der Waals surface area contributed by atoms with Gasteiger partial charge in [0.1, 0.15) is 11.9 Å². The van der Waals surface area contributed by atoms with Crippen molar-refractivity contribution in [2.24, 2.45) is 17.6 Å². The van der Waals surface area contributed by atoms with Crippen LogP contribution in [0.5, 0.6) is 0 Å². The topological polar surface area (TPSA) is 125 Å². The van der Waals surface area contributed by atoms with Crippen molar-refractivity contribution in [1.82, 2.24) is 5.32 Å². The van der Waals surface area contributed by atoms with Crippen molar-refractivity contribution in [1.29, 1.82) is 0 Å². The highest BCUT2D eigenvalue weighted by molar-refractivity contribution is 5.97. The van der Waals surface area contributed by atoms with Crippen molar-refractivity contribution in [3.05, 3.63) is 35.6 Å². The molecule has 0 aliphatic carbocycles. The Labute approximate surface area is 149 Å². The van der Waals surface area contributed by atoms with Crippen LogP contribution in [0.2, 0.25) is 0 Å². The summed E-state index contributed by atoms with van der Waals surface area (Å²) < 4.78 is 22.0. The van der Waals surface area contributed by atoms with E-state index >= 15 is 0 Å². The van der Waals surface area contributed by atoms with E-state index in [1.807, 2.05) is 0 Å². The van der Waals surface area contributed by atoms with Gasteiger partial charge in [0, 0.05) is 5.92 Å². The molecule has 9 heteroatoms. The number of carbonyl (C=O) groups is 4. The Hall–Kier alpha value is -2.97. The van der Waals surface area contributed by atoms with E-state index in [1.165, 1.54) is 31.2 Å². The Kier molecular flexibility index (Phi) is 7.70. The van der Waals surface area contributed by atoms with Crippen LogP contribution in [0.4, 0.5) is 4.39 Å². The summed E-state index contributed by atoms with van der Waals surface area (Å²) in [6.07, 6.45) is -0.141. The number of hydrogen-bond donors (Lipinski definition) is 2. The fourth-order valence-corrected chi connectivity index (χ4v) is 2.45. The normalized spacial score (nSPS) is 12.8. The van der Waals surface area contributed by atoms with Gasteiger partial charge in [-0.1, -0.05) is 19.1 Å². The third-order valence-corrected chi connectivity index (χ3v) is 3.86. The standard InChI is InChI=1S/C17H21FN2O6/c1-9(13(16(23)25-2)17(24)26-3)14(15(19)22)20-12(21)8-10-4-6-11(18)7-5-10/h4-7,9,13-14H,8H2,1-3H3,(H2,19,22)(H,20,21)/t9-,14+/m0/s1. The van der Waals surface area contributed by atoms with Gasteiger partial charge in [-0.15, -0.1) is 0 Å². The Morgan fingerprint density at radius 3 is 2.00 bits per heavy atom. The lowest BCUT2D eigenvalue weighted by Gasteiger charge is -2.26. The summed E-state index contributed by atoms with van der Waals surface area (Å²) >= 11 is 0. The van der Waals surface area contributed by atoms with Crippen molar-refractivity contribution >= 4 is 23.8 Å². The molecule has 0 fully saturated rings. The first-order valence-electron chi connectivity index (χ1n) is 7.70. The van der Waals surface area contributed by atoms with Gasteiger partial charge in [0.25, 0.3) is 0 Å². The van der Waals surface area contributed by atoms with Crippen LogP contribution in [0.15, 0.2) is 24.3 Å². The fraction of sp³-hybridized carbons (Fsp3) is 0.412. The molecule has 1 aromatic carbocycles. The van der Waals surface area contributed by atoms with Crippen LogP contribution in [-0.2, 0) is 35.1 Å². The first-order valence-corrected chi connectivity index (χ1v) is 7.70. The van der Waals surface area contributed by atoms with Crippen molar-refractivity contribution in [3.8, 4) is 0 Å². The summed E-state index contributed by atoms with van der Waals surface area (Å²) in [5, 5.41) is 2.39. The van der Waals surface area contributed by atoms with Crippen LogP contribution >= 0.6 is 0 Å². The van der Waals surface area contributed by atoms with Crippen LogP contribution < -0.4 is 11.1 Å². The van der Waals surface area contributed by atoms with Crippen LogP contribution in [0, 0.1) is 17.7 Å². The molecule has 0 bridgehead atoms. The molecule has 1 rings (SSSR count). The average molecular weight is 368 g/mol. The molecule has 0 unspecified atom stereocenters. The number of esters is 2. The van der Waals surface area contributed by atoms with E-state index in [0.717, 1.165) is 14.2 Å². The second-order valence-corrected chi connectivity index (χ2v) is 5.63. The van der Waals surface area contributed by atoms with Gasteiger partial charge in [0.15, 0.2) is 5.92 Å². The van der Waals surface area contributed by atoms with Crippen LogP contribution in [0.25, 0.3) is 0 Å². The number of carbonyl (C=O) groups excluding carboxylic acids is 4. The molecular formula is C17H21FN2O6.